The zero-order valence-electron chi connectivity index (χ0n) is 11.3. The Hall–Kier alpha value is -1.36. The van der Waals surface area contributed by atoms with Crippen molar-refractivity contribution in [2.75, 3.05) is 13.6 Å². The number of cyclic esters (lactones) is 2. The molecule has 0 aromatic heterocycles. The molecule has 5 nitrogen and oxygen atoms in total. The summed E-state index contributed by atoms with van der Waals surface area (Å²) in [7, 11) is 1.73. The van der Waals surface area contributed by atoms with Gasteiger partial charge in [-0.25, -0.2) is 9.59 Å². The number of ether oxygens (including phenoxy) is 2. The second-order valence-electron chi connectivity index (χ2n) is 5.68. The molecule has 2 fully saturated rings. The fourth-order valence-corrected chi connectivity index (χ4v) is 2.91. The van der Waals surface area contributed by atoms with Crippen molar-refractivity contribution in [3.8, 4) is 0 Å². The molecule has 5 heteroatoms. The van der Waals surface area contributed by atoms with Crippen molar-refractivity contribution in [3.05, 3.63) is 12.7 Å². The molecule has 0 aliphatic carbocycles. The predicted molar refractivity (Wildman–Crippen MR) is 64.5 cm³/mol. The summed E-state index contributed by atoms with van der Waals surface area (Å²) in [5, 5.41) is 0. The molecule has 0 aromatic rings. The van der Waals surface area contributed by atoms with E-state index >= 15 is 0 Å². The molecule has 0 N–H and O–H groups in total. The number of hydrogen-bond acceptors (Lipinski definition) is 5. The third-order valence-electron chi connectivity index (χ3n) is 4.08. The molecule has 100 valence electrons. The number of carbonyl (C=O) groups is 2. The molecule has 2 rings (SSSR count). The lowest BCUT2D eigenvalue weighted by Crippen LogP contribution is -2.69. The Morgan fingerprint density at radius 3 is 2.17 bits per heavy atom. The van der Waals surface area contributed by atoms with Crippen LogP contribution in [-0.4, -0.2) is 41.8 Å². The van der Waals surface area contributed by atoms with Crippen molar-refractivity contribution in [2.45, 2.75) is 38.5 Å². The summed E-state index contributed by atoms with van der Waals surface area (Å²) >= 11 is 0. The van der Waals surface area contributed by atoms with E-state index < -0.39 is 28.7 Å². The van der Waals surface area contributed by atoms with E-state index in [0.717, 1.165) is 0 Å². The zero-order valence-corrected chi connectivity index (χ0v) is 11.3. The second-order valence-corrected chi connectivity index (χ2v) is 5.68. The minimum Gasteiger partial charge on any atom is -0.421 e. The lowest BCUT2D eigenvalue weighted by atomic mass is 9.70. The highest BCUT2D eigenvalue weighted by atomic mass is 16.7. The third-order valence-corrected chi connectivity index (χ3v) is 4.08. The molecular weight excluding hydrogens is 234 g/mol. The highest BCUT2D eigenvalue weighted by Crippen LogP contribution is 2.50. The summed E-state index contributed by atoms with van der Waals surface area (Å²) in [6, 6.07) is 0. The van der Waals surface area contributed by atoms with Crippen LogP contribution in [0.1, 0.15) is 27.2 Å². The van der Waals surface area contributed by atoms with E-state index in [1.165, 1.54) is 0 Å². The maximum absolute atomic E-state index is 12.4. The minimum absolute atomic E-state index is 0.550. The fraction of sp³-hybridized carbons (Fsp3) is 0.692. The van der Waals surface area contributed by atoms with Crippen LogP contribution in [0.3, 0.4) is 0 Å². The van der Waals surface area contributed by atoms with Gasteiger partial charge >= 0.3 is 11.9 Å². The lowest BCUT2D eigenvalue weighted by molar-refractivity contribution is -0.254. The molecule has 0 bridgehead atoms. The van der Waals surface area contributed by atoms with Gasteiger partial charge in [0, 0.05) is 25.8 Å². The van der Waals surface area contributed by atoms with Gasteiger partial charge in [0.15, 0.2) is 0 Å². The maximum atomic E-state index is 12.4. The average molecular weight is 253 g/mol. The van der Waals surface area contributed by atoms with Crippen LogP contribution in [0, 0.1) is 5.41 Å². The standard InChI is InChI=1S/C13H19NO4/c1-6-12(4)7-8-14(5)13(12)9(15)17-11(2,3)18-10(13)16/h6H,1,7-8H2,2-5H3. The Morgan fingerprint density at radius 2 is 1.72 bits per heavy atom. The van der Waals surface area contributed by atoms with Crippen molar-refractivity contribution in [2.24, 2.45) is 5.41 Å². The molecule has 0 amide bonds. The summed E-state index contributed by atoms with van der Waals surface area (Å²) in [5.74, 6) is -2.30. The Kier molecular flexibility index (Phi) is 2.59. The van der Waals surface area contributed by atoms with Crippen LogP contribution in [0.5, 0.6) is 0 Å². The van der Waals surface area contributed by atoms with E-state index in [1.807, 2.05) is 6.92 Å². The van der Waals surface area contributed by atoms with Gasteiger partial charge in [-0.3, -0.25) is 4.90 Å². The van der Waals surface area contributed by atoms with Gasteiger partial charge in [0.25, 0.3) is 5.79 Å². The summed E-state index contributed by atoms with van der Waals surface area (Å²) in [6.07, 6.45) is 2.31. The van der Waals surface area contributed by atoms with Crippen molar-refractivity contribution < 1.29 is 19.1 Å². The van der Waals surface area contributed by atoms with E-state index in [-0.39, 0.29) is 0 Å². The van der Waals surface area contributed by atoms with Crippen LogP contribution in [-0.2, 0) is 19.1 Å². The van der Waals surface area contributed by atoms with Gasteiger partial charge < -0.3 is 9.47 Å². The molecule has 0 radical (unpaired) electrons. The molecule has 18 heavy (non-hydrogen) atoms. The van der Waals surface area contributed by atoms with Crippen LogP contribution in [0.15, 0.2) is 12.7 Å². The van der Waals surface area contributed by atoms with Gasteiger partial charge in [0.05, 0.1) is 0 Å². The molecule has 2 saturated heterocycles. The minimum atomic E-state index is -1.40. The zero-order chi connectivity index (χ0) is 13.8. The Labute approximate surface area is 107 Å². The molecule has 0 aromatic carbocycles. The summed E-state index contributed by atoms with van der Waals surface area (Å²) < 4.78 is 10.6. The van der Waals surface area contributed by atoms with Gasteiger partial charge in [-0.15, -0.1) is 6.58 Å². The topological polar surface area (TPSA) is 55.8 Å². The summed E-state index contributed by atoms with van der Waals surface area (Å²) in [4.78, 5) is 26.5. The average Bonchev–Trinajstić information content (AvgIpc) is 2.49. The van der Waals surface area contributed by atoms with Crippen LogP contribution in [0.25, 0.3) is 0 Å². The SMILES string of the molecule is C=CC1(C)CCN(C)C12C(=O)OC(C)(C)OC2=O. The monoisotopic (exact) mass is 253 g/mol. The van der Waals surface area contributed by atoms with Crippen molar-refractivity contribution in [3.63, 3.8) is 0 Å². The quantitative estimate of drug-likeness (QED) is 0.398. The molecule has 2 heterocycles. The van der Waals surface area contributed by atoms with Crippen LogP contribution in [0.2, 0.25) is 0 Å². The van der Waals surface area contributed by atoms with Gasteiger partial charge in [0.2, 0.25) is 5.54 Å². The van der Waals surface area contributed by atoms with Crippen molar-refractivity contribution in [1.29, 1.82) is 0 Å². The molecule has 2 aliphatic heterocycles. The third kappa shape index (κ3) is 1.37. The number of likely N-dealkylation sites (N-methyl/N-ethyl adjacent to an activating group) is 1. The fourth-order valence-electron chi connectivity index (χ4n) is 2.91. The second kappa shape index (κ2) is 3.57. The normalized spacial score (nSPS) is 34.2. The Balaban J connectivity index is 2.55. The van der Waals surface area contributed by atoms with Gasteiger partial charge in [0.1, 0.15) is 0 Å². The van der Waals surface area contributed by atoms with Gasteiger partial charge in [-0.1, -0.05) is 13.0 Å². The molecule has 2 aliphatic rings. The lowest BCUT2D eigenvalue weighted by Gasteiger charge is -2.46. The first-order chi connectivity index (χ1) is 8.19. The van der Waals surface area contributed by atoms with Crippen LogP contribution in [0.4, 0.5) is 0 Å². The first-order valence-electron chi connectivity index (χ1n) is 6.01. The van der Waals surface area contributed by atoms with Gasteiger partial charge in [-0.2, -0.15) is 0 Å². The number of rotatable bonds is 1. The van der Waals surface area contributed by atoms with E-state index in [0.29, 0.717) is 13.0 Å². The van der Waals surface area contributed by atoms with E-state index in [2.05, 4.69) is 6.58 Å². The summed E-state index contributed by atoms with van der Waals surface area (Å²) in [6.45, 7) is 9.32. The Morgan fingerprint density at radius 1 is 1.22 bits per heavy atom. The first kappa shape index (κ1) is 13.1. The van der Waals surface area contributed by atoms with Crippen molar-refractivity contribution in [1.82, 2.24) is 4.90 Å². The predicted octanol–water partition coefficient (Wildman–Crippen LogP) is 1.09. The number of esters is 2. The smallest absolute Gasteiger partial charge is 0.342 e. The Bertz CT molecular complexity index is 409. The number of nitrogens with zero attached hydrogens (tertiary/aromatic N) is 1. The maximum Gasteiger partial charge on any atom is 0.342 e. The molecule has 0 saturated carbocycles. The molecule has 1 atom stereocenters. The molecule has 1 unspecified atom stereocenters. The highest BCUT2D eigenvalue weighted by molar-refractivity contribution is 6.08. The van der Waals surface area contributed by atoms with E-state index in [1.54, 1.807) is 31.9 Å². The van der Waals surface area contributed by atoms with E-state index in [4.69, 9.17) is 9.47 Å². The number of hydrogen-bond donors (Lipinski definition) is 0. The van der Waals surface area contributed by atoms with Crippen LogP contribution >= 0.6 is 0 Å². The largest absolute Gasteiger partial charge is 0.421 e. The molecule has 1 spiro atoms. The first-order valence-corrected chi connectivity index (χ1v) is 6.01. The van der Waals surface area contributed by atoms with Crippen molar-refractivity contribution >= 4 is 11.9 Å². The summed E-state index contributed by atoms with van der Waals surface area (Å²) in [5.41, 5.74) is -2.07. The number of carbonyl (C=O) groups excluding carboxylic acids is 2. The highest BCUT2D eigenvalue weighted by Gasteiger charge is 2.69. The van der Waals surface area contributed by atoms with Crippen LogP contribution < -0.4 is 0 Å². The number of likely N-dealkylation sites (tertiary alicyclic amines) is 1. The molecular formula is C13H19NO4. The van der Waals surface area contributed by atoms with E-state index in [9.17, 15) is 9.59 Å². The van der Waals surface area contributed by atoms with Gasteiger partial charge in [-0.05, 0) is 13.5 Å².